The number of phenols is 1. The van der Waals surface area contributed by atoms with Gasteiger partial charge in [-0.25, -0.2) is 14.4 Å². The van der Waals surface area contributed by atoms with Crippen molar-refractivity contribution >= 4 is 24.0 Å². The second-order valence-electron chi connectivity index (χ2n) is 14.0. The summed E-state index contributed by atoms with van der Waals surface area (Å²) in [6, 6.07) is 2.81. The number of carboxylic acids is 1. The van der Waals surface area contributed by atoms with Gasteiger partial charge in [-0.3, -0.25) is 0 Å². The van der Waals surface area contributed by atoms with Crippen LogP contribution in [-0.2, 0) is 44.7 Å². The van der Waals surface area contributed by atoms with E-state index in [4.69, 9.17) is 33.5 Å². The summed E-state index contributed by atoms with van der Waals surface area (Å²) in [6.07, 6.45) is 1.87. The summed E-state index contributed by atoms with van der Waals surface area (Å²) in [5, 5.41) is 91.6. The highest BCUT2D eigenvalue weighted by Crippen LogP contribution is 2.32. The highest BCUT2D eigenvalue weighted by atomic mass is 16.7. The van der Waals surface area contributed by atoms with Gasteiger partial charge in [-0.2, -0.15) is 0 Å². The van der Waals surface area contributed by atoms with Crippen LogP contribution in [0.15, 0.2) is 101 Å². The van der Waals surface area contributed by atoms with Crippen LogP contribution in [0, 0.1) is 0 Å². The summed E-state index contributed by atoms with van der Waals surface area (Å²) in [5.41, 5.74) is 2.54. The molecule has 9 N–H and O–H groups in total. The number of carboxylic acid groups (broad SMARTS) is 1. The third-order valence-electron chi connectivity index (χ3n) is 9.25. The molecule has 0 bridgehead atoms. The van der Waals surface area contributed by atoms with Crippen LogP contribution in [0.2, 0.25) is 0 Å². The van der Waals surface area contributed by atoms with Crippen LogP contribution in [0.5, 0.6) is 11.5 Å². The van der Waals surface area contributed by atoms with Gasteiger partial charge in [0.2, 0.25) is 6.29 Å². The third kappa shape index (κ3) is 15.0. The summed E-state index contributed by atoms with van der Waals surface area (Å²) >= 11 is 0. The predicted octanol–water partition coefficient (Wildman–Crippen LogP) is 1.16. The van der Waals surface area contributed by atoms with Gasteiger partial charge in [0.25, 0.3) is 0 Å². The fourth-order valence-electron chi connectivity index (χ4n) is 5.52. The number of esters is 2. The molecule has 3 rings (SSSR count). The van der Waals surface area contributed by atoms with Crippen molar-refractivity contribution < 1.29 is 88.8 Å². The molecule has 2 saturated heterocycles. The van der Waals surface area contributed by atoms with Crippen LogP contribution < -0.4 is 4.74 Å². The first-order chi connectivity index (χ1) is 28.9. The van der Waals surface area contributed by atoms with Gasteiger partial charge >= 0.3 is 17.9 Å². The first-order valence-electron chi connectivity index (χ1n) is 18.9. The molecule has 61 heavy (non-hydrogen) atoms. The highest BCUT2D eigenvalue weighted by molar-refractivity contribution is 5.88. The minimum atomic E-state index is -1.87. The van der Waals surface area contributed by atoms with Crippen molar-refractivity contribution in [2.75, 3.05) is 20.3 Å². The molecule has 18 heteroatoms. The molecule has 0 saturated carbocycles. The lowest BCUT2D eigenvalue weighted by molar-refractivity contribution is -0.326. The number of aliphatic hydroxyl groups is 7. The molecule has 0 spiro atoms. The van der Waals surface area contributed by atoms with E-state index in [0.717, 1.165) is 17.2 Å². The normalized spacial score (nSPS) is 28.3. The van der Waals surface area contributed by atoms with Crippen LogP contribution in [0.3, 0.4) is 0 Å². The number of aliphatic carboxylic acids is 1. The minimum Gasteiger partial charge on any atom is -0.504 e. The van der Waals surface area contributed by atoms with Crippen LogP contribution in [0.1, 0.15) is 38.8 Å². The summed E-state index contributed by atoms with van der Waals surface area (Å²) in [5.74, 6) is -3.04. The van der Waals surface area contributed by atoms with E-state index in [1.807, 2.05) is 26.0 Å². The molecule has 0 radical (unpaired) electrons. The van der Waals surface area contributed by atoms with Crippen LogP contribution in [0.25, 0.3) is 6.08 Å². The van der Waals surface area contributed by atoms with Gasteiger partial charge in [-0.05, 0) is 51.5 Å². The third-order valence-corrected chi connectivity index (χ3v) is 9.25. The average molecular weight is 859 g/mol. The molecule has 1 aromatic rings. The Balaban J connectivity index is 1.56. The topological polar surface area (TPSA) is 289 Å². The maximum atomic E-state index is 12.9. The number of benzene rings is 1. The largest absolute Gasteiger partial charge is 0.504 e. The van der Waals surface area contributed by atoms with E-state index >= 15 is 0 Å². The molecule has 334 valence electrons. The maximum Gasteiger partial charge on any atom is 0.336 e. The lowest BCUT2D eigenvalue weighted by atomic mass is 9.98. The van der Waals surface area contributed by atoms with Crippen molar-refractivity contribution in [2.45, 2.75) is 95.7 Å². The Morgan fingerprint density at radius 1 is 0.689 bits per heavy atom. The zero-order chi connectivity index (χ0) is 45.4. The van der Waals surface area contributed by atoms with Crippen molar-refractivity contribution in [1.29, 1.82) is 0 Å². The Kier molecular flexibility index (Phi) is 19.9. The predicted molar refractivity (Wildman–Crippen MR) is 216 cm³/mol. The standard InChI is InChI=1S/C43H54O18/c1-23(12-8-14-25(3)40(53)54)10-6-7-11-24(2)13-9-15-26(4)41(55)61-43-39(52)37(50)35(48)31(60-43)22-58-42-38(51)36(49)34(47)30(59-42)21-57-32(45)17-16-27-18-28(20-44)33(46)29(19-27)56-5/h6-19,30-31,34-39,42-44,46-52H,20-22H2,1-5H3,(H,53,54)/b7-6+,12-8+,13-9+,17-16+,23-10+,24-11+,25-14+,26-15+/t30?,31?,34-,35-,36+,37+,38?,39?,42-,43+/m1/s1. The van der Waals surface area contributed by atoms with E-state index in [9.17, 15) is 55.2 Å². The molecule has 2 fully saturated rings. The zero-order valence-corrected chi connectivity index (χ0v) is 34.2. The Morgan fingerprint density at radius 3 is 1.79 bits per heavy atom. The number of hydrogen-bond donors (Lipinski definition) is 9. The van der Waals surface area contributed by atoms with Gasteiger partial charge in [0.15, 0.2) is 17.8 Å². The lowest BCUT2D eigenvalue weighted by Crippen LogP contribution is -2.62. The van der Waals surface area contributed by atoms with E-state index in [1.165, 1.54) is 51.3 Å². The molecule has 4 unspecified atom stereocenters. The number of methoxy groups -OCH3 is 1. The van der Waals surface area contributed by atoms with E-state index in [0.29, 0.717) is 5.56 Å². The van der Waals surface area contributed by atoms with Crippen molar-refractivity contribution in [3.8, 4) is 11.5 Å². The zero-order valence-electron chi connectivity index (χ0n) is 34.2. The molecule has 0 aliphatic carbocycles. The highest BCUT2D eigenvalue weighted by Gasteiger charge is 2.48. The summed E-state index contributed by atoms with van der Waals surface area (Å²) < 4.78 is 32.1. The van der Waals surface area contributed by atoms with Crippen LogP contribution in [0.4, 0.5) is 0 Å². The maximum absolute atomic E-state index is 12.9. The Morgan fingerprint density at radius 2 is 1.23 bits per heavy atom. The number of allylic oxidation sites excluding steroid dienone is 12. The lowest BCUT2D eigenvalue weighted by Gasteiger charge is -2.42. The van der Waals surface area contributed by atoms with Crippen molar-refractivity contribution in [3.05, 3.63) is 112 Å². The van der Waals surface area contributed by atoms with E-state index in [2.05, 4.69) is 0 Å². The molecule has 2 aliphatic rings. The van der Waals surface area contributed by atoms with Gasteiger partial charge in [-0.1, -0.05) is 71.9 Å². The number of aliphatic hydroxyl groups excluding tert-OH is 7. The molecule has 0 amide bonds. The van der Waals surface area contributed by atoms with Crippen molar-refractivity contribution in [1.82, 2.24) is 0 Å². The van der Waals surface area contributed by atoms with Gasteiger partial charge in [0, 0.05) is 22.8 Å². The second-order valence-corrected chi connectivity index (χ2v) is 14.0. The van der Waals surface area contributed by atoms with E-state index < -0.39 is 99.1 Å². The summed E-state index contributed by atoms with van der Waals surface area (Å²) in [7, 11) is 1.31. The average Bonchev–Trinajstić information content (AvgIpc) is 3.23. The smallest absolute Gasteiger partial charge is 0.336 e. The second kappa shape index (κ2) is 24.3. The quantitative estimate of drug-likeness (QED) is 0.0569. The SMILES string of the molecule is COc1cc(/C=C/C(=O)OCC2O[C@@H](OCC3O[C@@H](OC(=O)/C(C)=C/C=C/C(C)=C/C=C/C=C(C)/C=C/C=C(\C)C(=O)O)C(O)[C@@H](O)[C@@H]3O)C(O)[C@@H](O)[C@@H]2O)cc(CO)c1O. The Bertz CT molecular complexity index is 1900. The minimum absolute atomic E-state index is 0.0550. The monoisotopic (exact) mass is 858 g/mol. The number of rotatable bonds is 18. The molecule has 1 aromatic carbocycles. The summed E-state index contributed by atoms with van der Waals surface area (Å²) in [6.45, 7) is 4.84. The number of aromatic hydroxyl groups is 1. The molecule has 2 heterocycles. The molecular weight excluding hydrogens is 804 g/mol. The van der Waals surface area contributed by atoms with E-state index in [1.54, 1.807) is 36.5 Å². The Labute approximate surface area is 352 Å². The number of carbonyl (C=O) groups excluding carboxylic acids is 2. The van der Waals surface area contributed by atoms with Crippen molar-refractivity contribution in [2.24, 2.45) is 0 Å². The fraction of sp³-hybridized carbons (Fsp3) is 0.419. The number of hydrogen-bond acceptors (Lipinski definition) is 17. The number of carbonyl (C=O) groups is 3. The van der Waals surface area contributed by atoms with Gasteiger partial charge in [0.05, 0.1) is 20.3 Å². The Hall–Kier alpha value is -5.25. The summed E-state index contributed by atoms with van der Waals surface area (Å²) in [4.78, 5) is 36.2. The number of ether oxygens (including phenoxy) is 6. The molecule has 18 nitrogen and oxygen atoms in total. The van der Waals surface area contributed by atoms with Crippen molar-refractivity contribution in [3.63, 3.8) is 0 Å². The van der Waals surface area contributed by atoms with Crippen LogP contribution >= 0.6 is 0 Å². The van der Waals surface area contributed by atoms with Gasteiger partial charge in [0.1, 0.15) is 55.4 Å². The molecular formula is C43H54O18. The van der Waals surface area contributed by atoms with Gasteiger partial charge in [-0.15, -0.1) is 0 Å². The molecule has 0 aromatic heterocycles. The first-order valence-corrected chi connectivity index (χ1v) is 18.9. The van der Waals surface area contributed by atoms with Crippen LogP contribution in [-0.4, -0.2) is 146 Å². The molecule has 2 aliphatic heterocycles. The first kappa shape index (κ1) is 50.1. The van der Waals surface area contributed by atoms with Gasteiger partial charge < -0.3 is 74.4 Å². The van der Waals surface area contributed by atoms with E-state index in [-0.39, 0.29) is 28.2 Å². The molecule has 10 atom stereocenters. The fourth-order valence-corrected chi connectivity index (χ4v) is 5.52.